The molecule has 1 aliphatic rings. The number of nitrogens with two attached hydrogens (primary N) is 1. The van der Waals surface area contributed by atoms with E-state index in [9.17, 15) is 8.42 Å². The molecule has 0 saturated heterocycles. The predicted octanol–water partition coefficient (Wildman–Crippen LogP) is 2.04. The van der Waals surface area contributed by atoms with Gasteiger partial charge >= 0.3 is 0 Å². The maximum atomic E-state index is 12.3. The van der Waals surface area contributed by atoms with Gasteiger partial charge in [0.15, 0.2) is 0 Å². The molecular formula is C15H24N2O2S. The standard InChI is InChI=1S/C15H24N2O2S/c1-12(14-4-2-3-5-14)17-20(18,19)15-8-6-13(7-9-15)10-11-16/h6-9,12,14,17H,2-5,10-11,16H2,1H3. The molecule has 0 amide bonds. The largest absolute Gasteiger partial charge is 0.330 e. The van der Waals surface area contributed by atoms with Crippen LogP contribution in [0.1, 0.15) is 38.2 Å². The molecule has 0 bridgehead atoms. The Labute approximate surface area is 121 Å². The molecule has 1 saturated carbocycles. The first-order chi connectivity index (χ1) is 9.53. The van der Waals surface area contributed by atoms with Crippen molar-refractivity contribution < 1.29 is 8.42 Å². The van der Waals surface area contributed by atoms with Crippen LogP contribution in [0.2, 0.25) is 0 Å². The lowest BCUT2D eigenvalue weighted by molar-refractivity contribution is 0.424. The third-order valence-electron chi connectivity index (χ3n) is 4.11. The van der Waals surface area contributed by atoms with Crippen molar-refractivity contribution in [2.24, 2.45) is 11.7 Å². The van der Waals surface area contributed by atoms with Gasteiger partial charge in [0.25, 0.3) is 0 Å². The molecule has 5 heteroatoms. The van der Waals surface area contributed by atoms with Crippen LogP contribution in [-0.4, -0.2) is 21.0 Å². The van der Waals surface area contributed by atoms with Crippen LogP contribution < -0.4 is 10.5 Å². The van der Waals surface area contributed by atoms with Crippen molar-refractivity contribution in [1.82, 2.24) is 4.72 Å². The van der Waals surface area contributed by atoms with Crippen LogP contribution in [0.15, 0.2) is 29.2 Å². The maximum Gasteiger partial charge on any atom is 0.240 e. The van der Waals surface area contributed by atoms with E-state index in [4.69, 9.17) is 5.73 Å². The van der Waals surface area contributed by atoms with E-state index in [2.05, 4.69) is 4.72 Å². The number of sulfonamides is 1. The zero-order valence-corrected chi connectivity index (χ0v) is 12.8. The zero-order chi connectivity index (χ0) is 14.6. The minimum Gasteiger partial charge on any atom is -0.330 e. The Balaban J connectivity index is 2.05. The highest BCUT2D eigenvalue weighted by Crippen LogP contribution is 2.28. The van der Waals surface area contributed by atoms with Crippen LogP contribution in [0.25, 0.3) is 0 Å². The molecule has 2 rings (SSSR count). The topological polar surface area (TPSA) is 72.2 Å². The van der Waals surface area contributed by atoms with E-state index in [0.717, 1.165) is 24.8 Å². The Morgan fingerprint density at radius 1 is 1.25 bits per heavy atom. The number of hydrogen-bond donors (Lipinski definition) is 2. The van der Waals surface area contributed by atoms with Gasteiger partial charge in [0.1, 0.15) is 0 Å². The van der Waals surface area contributed by atoms with Gasteiger partial charge in [0.05, 0.1) is 4.90 Å². The van der Waals surface area contributed by atoms with Crippen LogP contribution in [0, 0.1) is 5.92 Å². The maximum absolute atomic E-state index is 12.3. The fraction of sp³-hybridized carbons (Fsp3) is 0.600. The van der Waals surface area contributed by atoms with Crippen molar-refractivity contribution in [3.05, 3.63) is 29.8 Å². The molecule has 1 atom stereocenters. The molecule has 1 aliphatic carbocycles. The highest BCUT2D eigenvalue weighted by Gasteiger charge is 2.25. The number of benzene rings is 1. The molecule has 1 aromatic carbocycles. The molecule has 1 unspecified atom stereocenters. The van der Waals surface area contributed by atoms with Gasteiger partial charge in [-0.05, 0) is 56.3 Å². The first-order valence-electron chi connectivity index (χ1n) is 7.34. The van der Waals surface area contributed by atoms with Crippen LogP contribution in [0.5, 0.6) is 0 Å². The number of hydrogen-bond acceptors (Lipinski definition) is 3. The predicted molar refractivity (Wildman–Crippen MR) is 80.9 cm³/mol. The summed E-state index contributed by atoms with van der Waals surface area (Å²) in [5.74, 6) is 0.473. The van der Waals surface area contributed by atoms with E-state index in [1.54, 1.807) is 12.1 Å². The molecule has 20 heavy (non-hydrogen) atoms. The molecular weight excluding hydrogens is 272 g/mol. The van der Waals surface area contributed by atoms with Gasteiger partial charge in [-0.3, -0.25) is 0 Å². The van der Waals surface area contributed by atoms with E-state index < -0.39 is 10.0 Å². The van der Waals surface area contributed by atoms with Crippen molar-refractivity contribution in [2.45, 2.75) is 50.0 Å². The first-order valence-corrected chi connectivity index (χ1v) is 8.82. The molecule has 0 aliphatic heterocycles. The van der Waals surface area contributed by atoms with Gasteiger partial charge in [-0.2, -0.15) is 0 Å². The van der Waals surface area contributed by atoms with Crippen molar-refractivity contribution in [3.8, 4) is 0 Å². The van der Waals surface area contributed by atoms with E-state index in [1.165, 1.54) is 12.8 Å². The van der Waals surface area contributed by atoms with Crippen molar-refractivity contribution >= 4 is 10.0 Å². The Morgan fingerprint density at radius 2 is 1.85 bits per heavy atom. The van der Waals surface area contributed by atoms with Crippen molar-refractivity contribution in [3.63, 3.8) is 0 Å². The smallest absolute Gasteiger partial charge is 0.240 e. The molecule has 0 heterocycles. The van der Waals surface area contributed by atoms with Crippen molar-refractivity contribution in [2.75, 3.05) is 6.54 Å². The van der Waals surface area contributed by atoms with Gasteiger partial charge in [-0.1, -0.05) is 25.0 Å². The van der Waals surface area contributed by atoms with Gasteiger partial charge in [0.2, 0.25) is 10.0 Å². The summed E-state index contributed by atoms with van der Waals surface area (Å²) in [6, 6.07) is 7.00. The summed E-state index contributed by atoms with van der Waals surface area (Å²) in [7, 11) is -3.41. The van der Waals surface area contributed by atoms with Crippen molar-refractivity contribution in [1.29, 1.82) is 0 Å². The summed E-state index contributed by atoms with van der Waals surface area (Å²) in [6.07, 6.45) is 5.44. The lowest BCUT2D eigenvalue weighted by atomic mass is 10.0. The summed E-state index contributed by atoms with van der Waals surface area (Å²) >= 11 is 0. The summed E-state index contributed by atoms with van der Waals surface area (Å²) in [5, 5.41) is 0. The SMILES string of the molecule is CC(NS(=O)(=O)c1ccc(CCN)cc1)C1CCCC1. The fourth-order valence-corrected chi connectivity index (χ4v) is 4.18. The van der Waals surface area contributed by atoms with Crippen LogP contribution in [0.4, 0.5) is 0 Å². The second-order valence-electron chi connectivity index (χ2n) is 5.64. The normalized spacial score (nSPS) is 18.3. The number of nitrogens with one attached hydrogen (secondary N) is 1. The summed E-state index contributed by atoms with van der Waals surface area (Å²) in [5.41, 5.74) is 6.55. The third-order valence-corrected chi connectivity index (χ3v) is 5.69. The fourth-order valence-electron chi connectivity index (χ4n) is 2.87. The third kappa shape index (κ3) is 3.81. The number of rotatable bonds is 6. The van der Waals surface area contributed by atoms with Crippen LogP contribution in [0.3, 0.4) is 0 Å². The average molecular weight is 296 g/mol. The van der Waals surface area contributed by atoms with Gasteiger partial charge in [-0.15, -0.1) is 0 Å². The minimum atomic E-state index is -3.41. The van der Waals surface area contributed by atoms with E-state index in [-0.39, 0.29) is 6.04 Å². The molecule has 1 aromatic rings. The quantitative estimate of drug-likeness (QED) is 0.844. The Hall–Kier alpha value is -0.910. The first kappa shape index (κ1) is 15.5. The average Bonchev–Trinajstić information content (AvgIpc) is 2.93. The van der Waals surface area contributed by atoms with E-state index in [0.29, 0.717) is 17.4 Å². The van der Waals surface area contributed by atoms with Crippen LogP contribution in [-0.2, 0) is 16.4 Å². The Morgan fingerprint density at radius 3 is 2.40 bits per heavy atom. The summed E-state index contributed by atoms with van der Waals surface area (Å²) in [6.45, 7) is 2.54. The second kappa shape index (κ2) is 6.70. The van der Waals surface area contributed by atoms with Gasteiger partial charge in [0, 0.05) is 6.04 Å². The van der Waals surface area contributed by atoms with Gasteiger partial charge in [-0.25, -0.2) is 13.1 Å². The molecule has 0 aromatic heterocycles. The summed E-state index contributed by atoms with van der Waals surface area (Å²) < 4.78 is 27.5. The Bertz CT molecular complexity index is 519. The second-order valence-corrected chi connectivity index (χ2v) is 7.35. The Kier molecular flexibility index (Phi) is 5.18. The van der Waals surface area contributed by atoms with Crippen LogP contribution >= 0.6 is 0 Å². The van der Waals surface area contributed by atoms with E-state index in [1.807, 2.05) is 19.1 Å². The summed E-state index contributed by atoms with van der Waals surface area (Å²) in [4.78, 5) is 0.336. The minimum absolute atomic E-state index is 0.00576. The highest BCUT2D eigenvalue weighted by molar-refractivity contribution is 7.89. The highest BCUT2D eigenvalue weighted by atomic mass is 32.2. The molecule has 0 radical (unpaired) electrons. The zero-order valence-electron chi connectivity index (χ0n) is 12.0. The van der Waals surface area contributed by atoms with E-state index >= 15 is 0 Å². The molecule has 0 spiro atoms. The lowest BCUT2D eigenvalue weighted by Crippen LogP contribution is -2.37. The molecule has 1 fully saturated rings. The monoisotopic (exact) mass is 296 g/mol. The molecule has 4 nitrogen and oxygen atoms in total. The van der Waals surface area contributed by atoms with Gasteiger partial charge < -0.3 is 5.73 Å². The lowest BCUT2D eigenvalue weighted by Gasteiger charge is -2.20. The molecule has 3 N–H and O–H groups in total. The molecule has 112 valence electrons.